The Morgan fingerprint density at radius 3 is 3.10 bits per heavy atom. The van der Waals surface area contributed by atoms with Crippen LogP contribution in [0.5, 0.6) is 0 Å². The quantitative estimate of drug-likeness (QED) is 0.903. The van der Waals surface area contributed by atoms with E-state index < -0.39 is 0 Å². The van der Waals surface area contributed by atoms with E-state index in [2.05, 4.69) is 24.3 Å². The van der Waals surface area contributed by atoms with Crippen molar-refractivity contribution in [2.24, 2.45) is 8.73 Å². The summed E-state index contributed by atoms with van der Waals surface area (Å²) >= 11 is 1.16. The number of rotatable bonds is 4. The highest BCUT2D eigenvalue weighted by molar-refractivity contribution is 7.58. The van der Waals surface area contributed by atoms with Crippen LogP contribution in [0.4, 0.5) is 17.1 Å². The minimum absolute atomic E-state index is 0. The van der Waals surface area contributed by atoms with Crippen LogP contribution in [0, 0.1) is 0 Å². The maximum Gasteiger partial charge on any atom is 0.238 e. The number of carbonyl (C=O) groups is 1. The first-order chi connectivity index (χ1) is 9.76. The van der Waals surface area contributed by atoms with Crippen molar-refractivity contribution in [2.75, 3.05) is 32.0 Å². The van der Waals surface area contributed by atoms with Crippen molar-refractivity contribution in [2.45, 2.75) is 12.5 Å². The zero-order chi connectivity index (χ0) is 13.9. The van der Waals surface area contributed by atoms with Crippen LogP contribution >= 0.6 is 12.4 Å². The molecule has 0 spiro atoms. The fraction of sp³-hybridized carbons (Fsp3) is 0.462. The number of likely N-dealkylation sites (N-methyl/N-ethyl adjacent to an activating group) is 1. The first kappa shape index (κ1) is 16.1. The number of halogens is 1. The molecule has 1 amide bonds. The van der Waals surface area contributed by atoms with Crippen LogP contribution < -0.4 is 10.6 Å². The zero-order valence-corrected chi connectivity index (χ0v) is 13.3. The lowest BCUT2D eigenvalue weighted by molar-refractivity contribution is -0.117. The van der Waals surface area contributed by atoms with Gasteiger partial charge in [0.05, 0.1) is 23.6 Å². The molecule has 1 saturated heterocycles. The number of benzene rings is 1. The normalized spacial score (nSPS) is 19.8. The topological polar surface area (TPSA) is 69.1 Å². The van der Waals surface area contributed by atoms with E-state index in [1.165, 1.54) is 0 Å². The van der Waals surface area contributed by atoms with Crippen molar-refractivity contribution < 1.29 is 4.79 Å². The molecule has 0 radical (unpaired) electrons. The summed E-state index contributed by atoms with van der Waals surface area (Å²) in [6, 6.07) is 6.13. The number of nitrogens with one attached hydrogen (secondary N) is 2. The molecule has 1 fully saturated rings. The molecule has 2 aliphatic heterocycles. The van der Waals surface area contributed by atoms with Crippen LogP contribution in [0.2, 0.25) is 0 Å². The van der Waals surface area contributed by atoms with Gasteiger partial charge < -0.3 is 10.6 Å². The van der Waals surface area contributed by atoms with E-state index in [1.807, 2.05) is 25.2 Å². The summed E-state index contributed by atoms with van der Waals surface area (Å²) in [4.78, 5) is 14.3. The van der Waals surface area contributed by atoms with Gasteiger partial charge in [-0.1, -0.05) is 6.07 Å². The second-order valence-electron chi connectivity index (χ2n) is 5.00. The van der Waals surface area contributed by atoms with E-state index in [9.17, 15) is 4.79 Å². The Kier molecular flexibility index (Phi) is 5.46. The SMILES string of the molecule is CNC1CCN(CC(=O)Nc2cccc3c2N=S=N3)C1.Cl. The van der Waals surface area contributed by atoms with Gasteiger partial charge in [-0.05, 0) is 25.6 Å². The number of anilines is 1. The third-order valence-electron chi connectivity index (χ3n) is 3.61. The third kappa shape index (κ3) is 3.68. The molecule has 2 N–H and O–H groups in total. The number of amides is 1. The van der Waals surface area contributed by atoms with E-state index in [0.29, 0.717) is 12.6 Å². The summed E-state index contributed by atoms with van der Waals surface area (Å²) in [5, 5.41) is 6.18. The predicted octanol–water partition coefficient (Wildman–Crippen LogP) is 2.07. The standard InChI is InChI=1S/C13H17N5OS.ClH/c1-14-9-5-6-18(7-9)8-12(19)15-10-3-2-4-11-13(10)17-20-16-11;/h2-4,9,14H,5-8H2,1H3,(H,15,19);1H. The molecule has 1 aromatic rings. The molecule has 1 atom stereocenters. The molecule has 1 unspecified atom stereocenters. The molecule has 21 heavy (non-hydrogen) atoms. The number of hydrogen-bond donors (Lipinski definition) is 2. The largest absolute Gasteiger partial charge is 0.323 e. The second kappa shape index (κ2) is 7.13. The highest BCUT2D eigenvalue weighted by atomic mass is 35.5. The van der Waals surface area contributed by atoms with E-state index in [1.54, 1.807) is 0 Å². The van der Waals surface area contributed by atoms with Crippen molar-refractivity contribution in [1.82, 2.24) is 10.2 Å². The van der Waals surface area contributed by atoms with Gasteiger partial charge in [0.25, 0.3) is 0 Å². The van der Waals surface area contributed by atoms with Crippen molar-refractivity contribution in [3.63, 3.8) is 0 Å². The van der Waals surface area contributed by atoms with Crippen LogP contribution in [0.25, 0.3) is 0 Å². The summed E-state index contributed by atoms with van der Waals surface area (Å²) in [6.45, 7) is 2.31. The average molecular weight is 328 g/mol. The fourth-order valence-electron chi connectivity index (χ4n) is 2.51. The molecular weight excluding hydrogens is 310 g/mol. The van der Waals surface area contributed by atoms with Gasteiger partial charge in [-0.2, -0.15) is 8.73 Å². The highest BCUT2D eigenvalue weighted by Gasteiger charge is 2.23. The summed E-state index contributed by atoms with van der Waals surface area (Å²) in [5.74, 6) is 0.00209. The Balaban J connectivity index is 0.00000161. The van der Waals surface area contributed by atoms with Crippen molar-refractivity contribution in [3.8, 4) is 0 Å². The van der Waals surface area contributed by atoms with Crippen LogP contribution in [-0.2, 0) is 16.1 Å². The maximum atomic E-state index is 12.1. The monoisotopic (exact) mass is 327 g/mol. The van der Waals surface area contributed by atoms with Gasteiger partial charge in [-0.15, -0.1) is 12.4 Å². The molecule has 6 nitrogen and oxygen atoms in total. The Hall–Kier alpha value is -1.28. The van der Waals surface area contributed by atoms with Gasteiger partial charge >= 0.3 is 0 Å². The molecule has 2 heterocycles. The third-order valence-corrected chi connectivity index (χ3v) is 4.15. The number of likely N-dealkylation sites (tertiary alicyclic amines) is 1. The molecule has 2 aliphatic rings. The van der Waals surface area contributed by atoms with Crippen LogP contribution in [0.15, 0.2) is 26.9 Å². The molecule has 0 aliphatic carbocycles. The molecule has 0 bridgehead atoms. The number of fused-ring (bicyclic) bond motifs is 1. The maximum absolute atomic E-state index is 12.1. The van der Waals surface area contributed by atoms with E-state index in [-0.39, 0.29) is 18.3 Å². The summed E-state index contributed by atoms with van der Waals surface area (Å²) in [5.41, 5.74) is 2.33. The minimum atomic E-state index is 0. The number of nitrogens with zero attached hydrogens (tertiary/aromatic N) is 3. The molecule has 114 valence electrons. The molecular formula is C13H18ClN5OS. The minimum Gasteiger partial charge on any atom is -0.323 e. The average Bonchev–Trinajstić information content (AvgIpc) is 3.07. The number of carbonyl (C=O) groups excluding carboxylic acids is 1. The molecule has 3 rings (SSSR count). The van der Waals surface area contributed by atoms with Crippen molar-refractivity contribution in [1.29, 1.82) is 0 Å². The zero-order valence-electron chi connectivity index (χ0n) is 11.7. The second-order valence-corrected chi connectivity index (χ2v) is 5.52. The molecule has 0 aromatic heterocycles. The van der Waals surface area contributed by atoms with Crippen LogP contribution in [0.3, 0.4) is 0 Å². The first-order valence-electron chi connectivity index (χ1n) is 6.67. The summed E-state index contributed by atoms with van der Waals surface area (Å²) < 4.78 is 8.39. The Labute approximate surface area is 133 Å². The summed E-state index contributed by atoms with van der Waals surface area (Å²) in [6.07, 6.45) is 1.09. The van der Waals surface area contributed by atoms with E-state index in [4.69, 9.17) is 0 Å². The Morgan fingerprint density at radius 1 is 1.48 bits per heavy atom. The van der Waals surface area contributed by atoms with Gasteiger partial charge in [0.1, 0.15) is 11.4 Å². The van der Waals surface area contributed by atoms with Gasteiger partial charge in [0, 0.05) is 19.1 Å². The van der Waals surface area contributed by atoms with Crippen LogP contribution in [0.1, 0.15) is 6.42 Å². The van der Waals surface area contributed by atoms with Gasteiger partial charge in [-0.3, -0.25) is 9.69 Å². The van der Waals surface area contributed by atoms with Crippen LogP contribution in [-0.4, -0.2) is 43.5 Å². The van der Waals surface area contributed by atoms with Crippen molar-refractivity contribution in [3.05, 3.63) is 18.2 Å². The fourth-order valence-corrected chi connectivity index (χ4v) is 3.06. The highest BCUT2D eigenvalue weighted by Crippen LogP contribution is 2.38. The lowest BCUT2D eigenvalue weighted by atomic mass is 10.2. The Bertz CT molecular complexity index is 602. The Morgan fingerprint density at radius 2 is 2.33 bits per heavy atom. The lowest BCUT2D eigenvalue weighted by Gasteiger charge is -2.15. The van der Waals surface area contributed by atoms with E-state index >= 15 is 0 Å². The number of hydrogen-bond acceptors (Lipinski definition) is 5. The molecule has 0 saturated carbocycles. The lowest BCUT2D eigenvalue weighted by Crippen LogP contribution is -2.34. The molecule has 8 heteroatoms. The summed E-state index contributed by atoms with van der Waals surface area (Å²) in [7, 11) is 1.96. The van der Waals surface area contributed by atoms with Crippen molar-refractivity contribution >= 4 is 46.7 Å². The molecule has 1 aromatic carbocycles. The van der Waals surface area contributed by atoms with E-state index in [0.717, 1.165) is 47.9 Å². The predicted molar refractivity (Wildman–Crippen MR) is 87.8 cm³/mol. The van der Waals surface area contributed by atoms with Gasteiger partial charge in [0.15, 0.2) is 0 Å². The first-order valence-corrected chi connectivity index (χ1v) is 7.40. The van der Waals surface area contributed by atoms with Gasteiger partial charge in [-0.25, -0.2) is 0 Å². The smallest absolute Gasteiger partial charge is 0.238 e. The van der Waals surface area contributed by atoms with Gasteiger partial charge in [0.2, 0.25) is 5.91 Å².